The number of carbonyl (C=O) groups excluding carboxylic acids is 1. The molecular formula is C40H77NO9. The van der Waals surface area contributed by atoms with Crippen LogP contribution in [0.3, 0.4) is 0 Å². The predicted octanol–water partition coefficient (Wildman–Crippen LogP) is 6.36. The summed E-state index contributed by atoms with van der Waals surface area (Å²) < 4.78 is 11.1. The van der Waals surface area contributed by atoms with Gasteiger partial charge in [0.2, 0.25) is 5.91 Å². The summed E-state index contributed by atoms with van der Waals surface area (Å²) in [6.07, 6.45) is 22.6. The van der Waals surface area contributed by atoms with E-state index in [1.54, 1.807) is 0 Å². The Kier molecular flexibility index (Phi) is 29.5. The van der Waals surface area contributed by atoms with Crippen molar-refractivity contribution in [2.24, 2.45) is 0 Å². The highest BCUT2D eigenvalue weighted by atomic mass is 16.7. The molecule has 8 atom stereocenters. The Morgan fingerprint density at radius 1 is 0.660 bits per heavy atom. The van der Waals surface area contributed by atoms with E-state index in [2.05, 4.69) is 31.3 Å². The molecule has 0 bridgehead atoms. The van der Waals surface area contributed by atoms with Crippen LogP contribution in [-0.4, -0.2) is 98.7 Å². The molecule has 10 nitrogen and oxygen atoms in total. The zero-order chi connectivity index (χ0) is 36.8. The smallest absolute Gasteiger partial charge is 0.249 e. The number of ether oxygens (including phenoxy) is 2. The minimum absolute atomic E-state index is 0.262. The van der Waals surface area contributed by atoms with Gasteiger partial charge in [-0.3, -0.25) is 4.79 Å². The molecule has 10 heteroatoms. The summed E-state index contributed by atoms with van der Waals surface area (Å²) >= 11 is 0. The molecule has 0 aromatic carbocycles. The van der Waals surface area contributed by atoms with Gasteiger partial charge >= 0.3 is 0 Å². The molecule has 7 N–H and O–H groups in total. The van der Waals surface area contributed by atoms with Crippen molar-refractivity contribution in [2.75, 3.05) is 13.2 Å². The number of carbonyl (C=O) groups is 1. The first-order valence-corrected chi connectivity index (χ1v) is 20.5. The number of amides is 1. The van der Waals surface area contributed by atoms with Gasteiger partial charge in [0.1, 0.15) is 30.5 Å². The number of allylic oxidation sites excluding steroid dienone is 2. The molecule has 0 aromatic heterocycles. The second kappa shape index (κ2) is 31.4. The molecule has 1 fully saturated rings. The topological polar surface area (TPSA) is 169 Å². The maximum absolute atomic E-state index is 13.0. The number of hydrogen-bond donors (Lipinski definition) is 7. The normalized spacial score (nSPS) is 22.9. The van der Waals surface area contributed by atoms with Gasteiger partial charge in [-0.2, -0.15) is 0 Å². The van der Waals surface area contributed by atoms with Crippen LogP contribution in [0.5, 0.6) is 0 Å². The van der Waals surface area contributed by atoms with E-state index in [4.69, 9.17) is 9.47 Å². The third-order valence-corrected chi connectivity index (χ3v) is 9.98. The van der Waals surface area contributed by atoms with E-state index >= 15 is 0 Å². The minimum Gasteiger partial charge on any atom is -0.394 e. The summed E-state index contributed by atoms with van der Waals surface area (Å²) in [4.78, 5) is 13.0. The molecule has 296 valence electrons. The predicted molar refractivity (Wildman–Crippen MR) is 200 cm³/mol. The standard InChI is InChI=1S/C40H77NO9/c1-3-5-7-9-11-13-15-17-19-20-22-24-26-28-33(43)32(31-49-40-38(47)37(46)36(45)35(30-42)50-40)41-39(48)34(44)29-27-25-23-21-18-16-14-12-10-8-6-4-2/h17,19,32-38,40,42-47H,3-16,18,20-31H2,1-2H3,(H,41,48). The first-order chi connectivity index (χ1) is 24.3. The highest BCUT2D eigenvalue weighted by Gasteiger charge is 2.44. The first-order valence-electron chi connectivity index (χ1n) is 20.5. The quantitative estimate of drug-likeness (QED) is 0.0302. The van der Waals surface area contributed by atoms with Crippen molar-refractivity contribution >= 4 is 5.91 Å². The van der Waals surface area contributed by atoms with Crippen LogP contribution in [0.4, 0.5) is 0 Å². The maximum atomic E-state index is 13.0. The fourth-order valence-corrected chi connectivity index (χ4v) is 6.51. The summed E-state index contributed by atoms with van der Waals surface area (Å²) in [5, 5.41) is 64.5. The van der Waals surface area contributed by atoms with Crippen molar-refractivity contribution in [2.45, 2.75) is 223 Å². The maximum Gasteiger partial charge on any atom is 0.249 e. The van der Waals surface area contributed by atoms with Gasteiger partial charge in [0.25, 0.3) is 0 Å². The van der Waals surface area contributed by atoms with Crippen molar-refractivity contribution in [1.82, 2.24) is 5.32 Å². The van der Waals surface area contributed by atoms with E-state index in [0.717, 1.165) is 57.8 Å². The molecule has 1 heterocycles. The fraction of sp³-hybridized carbons (Fsp3) is 0.925. The van der Waals surface area contributed by atoms with Gasteiger partial charge in [0.15, 0.2) is 6.29 Å². The summed E-state index contributed by atoms with van der Waals surface area (Å²) in [6.45, 7) is 3.61. The van der Waals surface area contributed by atoms with Gasteiger partial charge < -0.3 is 45.4 Å². The average molecular weight is 716 g/mol. The molecule has 1 saturated heterocycles. The van der Waals surface area contributed by atoms with Crippen LogP contribution in [0.25, 0.3) is 0 Å². The molecule has 8 unspecified atom stereocenters. The van der Waals surface area contributed by atoms with E-state index in [9.17, 15) is 35.4 Å². The third-order valence-electron chi connectivity index (χ3n) is 9.98. The molecule has 0 radical (unpaired) electrons. The SMILES string of the molecule is CCCCCCCCC=CCCCCCC(O)C(COC1OC(CO)C(O)C(O)C1O)NC(=O)C(O)CCCCCCCCCCCCCC. The van der Waals surface area contributed by atoms with E-state index in [1.807, 2.05) is 0 Å². The Hall–Kier alpha value is -1.11. The lowest BCUT2D eigenvalue weighted by Gasteiger charge is -2.40. The Morgan fingerprint density at radius 2 is 1.12 bits per heavy atom. The lowest BCUT2D eigenvalue weighted by molar-refractivity contribution is -0.302. The monoisotopic (exact) mass is 716 g/mol. The molecule has 1 amide bonds. The third kappa shape index (κ3) is 22.1. The zero-order valence-electron chi connectivity index (χ0n) is 31.8. The van der Waals surface area contributed by atoms with Crippen LogP contribution in [-0.2, 0) is 14.3 Å². The van der Waals surface area contributed by atoms with E-state index in [1.165, 1.54) is 89.9 Å². The van der Waals surface area contributed by atoms with Crippen LogP contribution in [0.2, 0.25) is 0 Å². The molecule has 0 spiro atoms. The van der Waals surface area contributed by atoms with Crippen LogP contribution in [0.1, 0.15) is 174 Å². The van der Waals surface area contributed by atoms with Gasteiger partial charge in [-0.1, -0.05) is 148 Å². The van der Waals surface area contributed by atoms with Crippen LogP contribution >= 0.6 is 0 Å². The summed E-state index contributed by atoms with van der Waals surface area (Å²) in [6, 6.07) is -0.899. The number of aliphatic hydroxyl groups excluding tert-OH is 6. The van der Waals surface area contributed by atoms with Crippen LogP contribution < -0.4 is 5.32 Å². The van der Waals surface area contributed by atoms with E-state index in [0.29, 0.717) is 12.8 Å². The molecule has 1 rings (SSSR count). The highest BCUT2D eigenvalue weighted by Crippen LogP contribution is 2.23. The molecule has 0 saturated carbocycles. The molecular weight excluding hydrogens is 638 g/mol. The van der Waals surface area contributed by atoms with E-state index < -0.39 is 61.5 Å². The summed E-state index contributed by atoms with van der Waals surface area (Å²) in [5.74, 6) is -0.593. The molecule has 50 heavy (non-hydrogen) atoms. The van der Waals surface area contributed by atoms with Crippen molar-refractivity contribution in [3.63, 3.8) is 0 Å². The molecule has 1 aliphatic heterocycles. The second-order valence-corrected chi connectivity index (χ2v) is 14.6. The lowest BCUT2D eigenvalue weighted by atomic mass is 9.99. The Balaban J connectivity index is 2.48. The van der Waals surface area contributed by atoms with E-state index in [-0.39, 0.29) is 6.61 Å². The van der Waals surface area contributed by atoms with Gasteiger partial charge in [0.05, 0.1) is 25.4 Å². The van der Waals surface area contributed by atoms with Crippen molar-refractivity contribution in [3.8, 4) is 0 Å². The Morgan fingerprint density at radius 3 is 1.64 bits per heavy atom. The van der Waals surface area contributed by atoms with Crippen LogP contribution in [0, 0.1) is 0 Å². The summed E-state index contributed by atoms with van der Waals surface area (Å²) in [5.41, 5.74) is 0. The molecule has 0 aromatic rings. The van der Waals surface area contributed by atoms with Gasteiger partial charge in [0, 0.05) is 0 Å². The van der Waals surface area contributed by atoms with Gasteiger partial charge in [-0.05, 0) is 38.5 Å². The highest BCUT2D eigenvalue weighted by molar-refractivity contribution is 5.80. The average Bonchev–Trinajstić information content (AvgIpc) is 3.11. The minimum atomic E-state index is -1.60. The number of unbranched alkanes of at least 4 members (excludes halogenated alkanes) is 20. The summed E-state index contributed by atoms with van der Waals surface area (Å²) in [7, 11) is 0. The van der Waals surface area contributed by atoms with Crippen molar-refractivity contribution in [1.29, 1.82) is 0 Å². The van der Waals surface area contributed by atoms with Crippen molar-refractivity contribution in [3.05, 3.63) is 12.2 Å². The number of nitrogens with one attached hydrogen (secondary N) is 1. The second-order valence-electron chi connectivity index (χ2n) is 14.6. The van der Waals surface area contributed by atoms with Gasteiger partial charge in [-0.15, -0.1) is 0 Å². The number of hydrogen-bond acceptors (Lipinski definition) is 9. The van der Waals surface area contributed by atoms with Gasteiger partial charge in [-0.25, -0.2) is 0 Å². The fourth-order valence-electron chi connectivity index (χ4n) is 6.51. The first kappa shape index (κ1) is 46.9. The molecule has 1 aliphatic rings. The van der Waals surface area contributed by atoms with Crippen molar-refractivity contribution < 1.29 is 44.9 Å². The Labute approximate surface area is 304 Å². The largest absolute Gasteiger partial charge is 0.394 e. The molecule has 0 aliphatic carbocycles. The van der Waals surface area contributed by atoms with Crippen LogP contribution in [0.15, 0.2) is 12.2 Å². The Bertz CT molecular complexity index is 814. The lowest BCUT2D eigenvalue weighted by Crippen LogP contribution is -2.60. The number of aliphatic hydroxyl groups is 6. The zero-order valence-corrected chi connectivity index (χ0v) is 31.8. The number of rotatable bonds is 33.